The van der Waals surface area contributed by atoms with Crippen LogP contribution in [0.1, 0.15) is 26.2 Å². The Morgan fingerprint density at radius 2 is 2.09 bits per heavy atom. The lowest BCUT2D eigenvalue weighted by molar-refractivity contribution is -0.137. The SMILES string of the molecule is CC(O)C(=S)CCCC(=O)O. The first-order valence-corrected chi connectivity index (χ1v) is 3.87. The van der Waals surface area contributed by atoms with E-state index in [1.54, 1.807) is 6.92 Å². The molecule has 0 saturated carbocycles. The van der Waals surface area contributed by atoms with E-state index in [2.05, 4.69) is 0 Å². The van der Waals surface area contributed by atoms with E-state index in [1.807, 2.05) is 0 Å². The number of carbonyl (C=O) groups is 1. The second kappa shape index (κ2) is 5.21. The van der Waals surface area contributed by atoms with Crippen LogP contribution in [0.5, 0.6) is 0 Å². The third kappa shape index (κ3) is 5.94. The zero-order valence-electron chi connectivity index (χ0n) is 6.41. The summed E-state index contributed by atoms with van der Waals surface area (Å²) in [5.41, 5.74) is 0. The van der Waals surface area contributed by atoms with Crippen molar-refractivity contribution >= 4 is 23.1 Å². The smallest absolute Gasteiger partial charge is 0.303 e. The lowest BCUT2D eigenvalue weighted by atomic mass is 10.1. The molecule has 0 aromatic heterocycles. The zero-order chi connectivity index (χ0) is 8.85. The molecule has 4 heteroatoms. The van der Waals surface area contributed by atoms with Crippen LogP contribution in [-0.4, -0.2) is 27.2 Å². The van der Waals surface area contributed by atoms with E-state index in [-0.39, 0.29) is 6.42 Å². The van der Waals surface area contributed by atoms with Crippen molar-refractivity contribution in [2.75, 3.05) is 0 Å². The second-order valence-corrected chi connectivity index (χ2v) is 2.91. The van der Waals surface area contributed by atoms with Crippen LogP contribution in [0, 0.1) is 0 Å². The van der Waals surface area contributed by atoms with E-state index in [4.69, 9.17) is 22.4 Å². The zero-order valence-corrected chi connectivity index (χ0v) is 7.23. The monoisotopic (exact) mass is 176 g/mol. The molecule has 64 valence electrons. The van der Waals surface area contributed by atoms with Gasteiger partial charge in [0.2, 0.25) is 0 Å². The summed E-state index contributed by atoms with van der Waals surface area (Å²) in [5.74, 6) is -0.821. The van der Waals surface area contributed by atoms with Crippen LogP contribution in [0.3, 0.4) is 0 Å². The molecule has 0 aromatic rings. The maximum Gasteiger partial charge on any atom is 0.303 e. The molecular formula is C7H12O3S. The first kappa shape index (κ1) is 10.5. The Morgan fingerprint density at radius 3 is 2.45 bits per heavy atom. The normalized spacial score (nSPS) is 12.5. The average molecular weight is 176 g/mol. The topological polar surface area (TPSA) is 57.5 Å². The van der Waals surface area contributed by atoms with E-state index in [0.717, 1.165) is 0 Å². The minimum atomic E-state index is -0.821. The molecule has 2 N–H and O–H groups in total. The number of thiocarbonyl (C=S) groups is 1. The molecule has 0 aliphatic heterocycles. The predicted molar refractivity (Wildman–Crippen MR) is 45.8 cm³/mol. The van der Waals surface area contributed by atoms with Gasteiger partial charge in [-0.05, 0) is 19.8 Å². The van der Waals surface area contributed by atoms with Crippen molar-refractivity contribution in [3.8, 4) is 0 Å². The molecular weight excluding hydrogens is 164 g/mol. The second-order valence-electron chi connectivity index (χ2n) is 2.39. The first-order chi connectivity index (χ1) is 5.04. The summed E-state index contributed by atoms with van der Waals surface area (Å²) < 4.78 is 0. The summed E-state index contributed by atoms with van der Waals surface area (Å²) in [5, 5.41) is 17.2. The van der Waals surface area contributed by atoms with Gasteiger partial charge in [0.25, 0.3) is 0 Å². The van der Waals surface area contributed by atoms with Gasteiger partial charge in [-0.25, -0.2) is 0 Å². The number of hydrogen-bond donors (Lipinski definition) is 2. The van der Waals surface area contributed by atoms with E-state index < -0.39 is 12.1 Å². The predicted octanol–water partition coefficient (Wildman–Crippen LogP) is 0.992. The molecule has 0 rings (SSSR count). The van der Waals surface area contributed by atoms with Crippen molar-refractivity contribution in [2.24, 2.45) is 0 Å². The number of aliphatic hydroxyl groups excluding tert-OH is 1. The largest absolute Gasteiger partial charge is 0.481 e. The van der Waals surface area contributed by atoms with Gasteiger partial charge in [0.05, 0.1) is 6.10 Å². The minimum Gasteiger partial charge on any atom is -0.481 e. The molecule has 0 fully saturated rings. The molecule has 0 aliphatic carbocycles. The summed E-state index contributed by atoms with van der Waals surface area (Å²) in [6, 6.07) is 0. The molecule has 1 unspecified atom stereocenters. The molecule has 0 heterocycles. The number of hydrogen-bond acceptors (Lipinski definition) is 3. The first-order valence-electron chi connectivity index (χ1n) is 3.46. The van der Waals surface area contributed by atoms with Crippen LogP contribution in [0.2, 0.25) is 0 Å². The van der Waals surface area contributed by atoms with Crippen molar-refractivity contribution in [3.05, 3.63) is 0 Å². The lowest BCUT2D eigenvalue weighted by Gasteiger charge is -2.03. The van der Waals surface area contributed by atoms with Crippen LogP contribution in [0.4, 0.5) is 0 Å². The van der Waals surface area contributed by atoms with Crippen molar-refractivity contribution in [1.29, 1.82) is 0 Å². The number of aliphatic hydroxyl groups is 1. The van der Waals surface area contributed by atoms with Gasteiger partial charge in [0, 0.05) is 11.3 Å². The van der Waals surface area contributed by atoms with Crippen LogP contribution in [0.25, 0.3) is 0 Å². The number of aliphatic carboxylic acids is 1. The summed E-state index contributed by atoms with van der Waals surface area (Å²) in [6.07, 6.45) is 0.546. The Balaban J connectivity index is 3.39. The van der Waals surface area contributed by atoms with E-state index >= 15 is 0 Å². The third-order valence-electron chi connectivity index (χ3n) is 1.28. The summed E-state index contributed by atoms with van der Waals surface area (Å²) in [7, 11) is 0. The van der Waals surface area contributed by atoms with E-state index in [1.165, 1.54) is 0 Å². The highest BCUT2D eigenvalue weighted by Gasteiger charge is 2.04. The summed E-state index contributed by atoms with van der Waals surface area (Å²) >= 11 is 4.79. The van der Waals surface area contributed by atoms with Gasteiger partial charge in [0.15, 0.2) is 0 Å². The standard InChI is InChI=1S/C7H12O3S/c1-5(8)6(11)3-2-4-7(9)10/h5,8H,2-4H2,1H3,(H,9,10). The molecule has 3 nitrogen and oxygen atoms in total. The fourth-order valence-corrected chi connectivity index (χ4v) is 0.767. The maximum absolute atomic E-state index is 10.0. The average Bonchev–Trinajstić information content (AvgIpc) is 1.86. The molecule has 0 amide bonds. The van der Waals surface area contributed by atoms with Gasteiger partial charge >= 0.3 is 5.97 Å². The fraction of sp³-hybridized carbons (Fsp3) is 0.714. The van der Waals surface area contributed by atoms with Crippen LogP contribution in [0.15, 0.2) is 0 Å². The van der Waals surface area contributed by atoms with Gasteiger partial charge in [0.1, 0.15) is 0 Å². The number of carboxylic acids is 1. The maximum atomic E-state index is 10.0. The molecule has 0 saturated heterocycles. The highest BCUT2D eigenvalue weighted by Crippen LogP contribution is 2.01. The van der Waals surface area contributed by atoms with Gasteiger partial charge in [-0.2, -0.15) is 0 Å². The minimum absolute atomic E-state index is 0.118. The van der Waals surface area contributed by atoms with Gasteiger partial charge in [-0.1, -0.05) is 12.2 Å². The lowest BCUT2D eigenvalue weighted by Crippen LogP contribution is -2.13. The Kier molecular flexibility index (Phi) is 4.98. The molecule has 0 spiro atoms. The summed E-state index contributed by atoms with van der Waals surface area (Å²) in [6.45, 7) is 1.59. The Hall–Kier alpha value is -0.480. The van der Waals surface area contributed by atoms with Crippen LogP contribution < -0.4 is 0 Å². The van der Waals surface area contributed by atoms with Crippen molar-refractivity contribution in [2.45, 2.75) is 32.3 Å². The quantitative estimate of drug-likeness (QED) is 0.613. The van der Waals surface area contributed by atoms with Crippen molar-refractivity contribution in [3.63, 3.8) is 0 Å². The Labute approximate surface area is 71.0 Å². The molecule has 0 aliphatic rings. The molecule has 0 radical (unpaired) electrons. The number of carboxylic acid groups (broad SMARTS) is 1. The third-order valence-corrected chi connectivity index (χ3v) is 1.83. The van der Waals surface area contributed by atoms with Crippen LogP contribution in [-0.2, 0) is 4.79 Å². The van der Waals surface area contributed by atoms with Crippen molar-refractivity contribution in [1.82, 2.24) is 0 Å². The number of rotatable bonds is 5. The van der Waals surface area contributed by atoms with Gasteiger partial charge < -0.3 is 10.2 Å². The van der Waals surface area contributed by atoms with E-state index in [9.17, 15) is 4.79 Å². The molecule has 0 aromatic carbocycles. The molecule has 11 heavy (non-hydrogen) atoms. The Morgan fingerprint density at radius 1 is 1.55 bits per heavy atom. The highest BCUT2D eigenvalue weighted by atomic mass is 32.1. The van der Waals surface area contributed by atoms with Crippen LogP contribution >= 0.6 is 12.2 Å². The van der Waals surface area contributed by atoms with Gasteiger partial charge in [-0.15, -0.1) is 0 Å². The fourth-order valence-electron chi connectivity index (χ4n) is 0.623. The van der Waals surface area contributed by atoms with E-state index in [0.29, 0.717) is 17.7 Å². The summed E-state index contributed by atoms with van der Waals surface area (Å²) in [4.78, 5) is 10.6. The molecule has 0 bridgehead atoms. The highest BCUT2D eigenvalue weighted by molar-refractivity contribution is 7.80. The molecule has 1 atom stereocenters. The van der Waals surface area contributed by atoms with Gasteiger partial charge in [-0.3, -0.25) is 4.79 Å². The van der Waals surface area contributed by atoms with Crippen molar-refractivity contribution < 1.29 is 15.0 Å². The Bertz CT molecular complexity index is 154.